The summed E-state index contributed by atoms with van der Waals surface area (Å²) in [5.41, 5.74) is 2.72. The standard InChI is InChI=1S/C27H39N9O10/c1-17-12-36(25(43)32-23(17)41)15-21(39)34(16-22(40)45-5)10-7-29-19(37)13-33(11-8-30-26(44)46-27(2,3)4)20(38)14-35-9-6-18(28)31-24(35)42/h6,9,12H,7-8,10-11,13-16H2,1-5H3,(H,29,37)(H,30,44)(H2,28,31,42)(H,32,41,43). The molecule has 19 nitrogen and oxygen atoms in total. The number of amides is 4. The Morgan fingerprint density at radius 1 is 0.957 bits per heavy atom. The van der Waals surface area contributed by atoms with Crippen LogP contribution in [-0.4, -0.2) is 111 Å². The molecule has 0 aliphatic heterocycles. The number of rotatable bonds is 14. The van der Waals surface area contributed by atoms with Crippen molar-refractivity contribution in [3.05, 3.63) is 55.3 Å². The summed E-state index contributed by atoms with van der Waals surface area (Å²) in [7, 11) is 1.13. The van der Waals surface area contributed by atoms with Crippen LogP contribution < -0.4 is 33.3 Å². The van der Waals surface area contributed by atoms with E-state index in [4.69, 9.17) is 10.5 Å². The lowest BCUT2D eigenvalue weighted by Crippen LogP contribution is -2.48. The van der Waals surface area contributed by atoms with E-state index in [0.717, 1.165) is 26.0 Å². The van der Waals surface area contributed by atoms with E-state index >= 15 is 0 Å². The van der Waals surface area contributed by atoms with Gasteiger partial charge in [-0.1, -0.05) is 0 Å². The number of nitrogen functional groups attached to an aromatic ring is 1. The highest BCUT2D eigenvalue weighted by Crippen LogP contribution is 2.06. The number of aromatic nitrogens is 4. The van der Waals surface area contributed by atoms with Crippen LogP contribution in [0.5, 0.6) is 0 Å². The predicted molar refractivity (Wildman–Crippen MR) is 161 cm³/mol. The highest BCUT2D eigenvalue weighted by molar-refractivity contribution is 5.85. The topological polar surface area (TPSA) is 250 Å². The van der Waals surface area contributed by atoms with Crippen LogP contribution >= 0.6 is 0 Å². The average Bonchev–Trinajstić information content (AvgIpc) is 2.95. The Kier molecular flexibility index (Phi) is 13.2. The lowest BCUT2D eigenvalue weighted by Gasteiger charge is -2.25. The highest BCUT2D eigenvalue weighted by Gasteiger charge is 2.22. The fourth-order valence-electron chi connectivity index (χ4n) is 3.76. The fraction of sp³-hybridized carbons (Fsp3) is 0.519. The van der Waals surface area contributed by atoms with Gasteiger partial charge in [0.05, 0.1) is 13.7 Å². The Morgan fingerprint density at radius 3 is 2.13 bits per heavy atom. The van der Waals surface area contributed by atoms with E-state index in [1.807, 2.05) is 0 Å². The Labute approximate surface area is 262 Å². The van der Waals surface area contributed by atoms with Crippen LogP contribution in [0.2, 0.25) is 0 Å². The van der Waals surface area contributed by atoms with Gasteiger partial charge < -0.3 is 35.6 Å². The smallest absolute Gasteiger partial charge is 0.407 e. The molecule has 46 heavy (non-hydrogen) atoms. The van der Waals surface area contributed by atoms with Crippen molar-refractivity contribution in [2.24, 2.45) is 0 Å². The zero-order chi connectivity index (χ0) is 34.6. The molecule has 2 aromatic rings. The maximum atomic E-state index is 13.1. The zero-order valence-corrected chi connectivity index (χ0v) is 26.3. The number of aryl methyl sites for hydroxylation is 1. The molecule has 0 bridgehead atoms. The molecule has 252 valence electrons. The largest absolute Gasteiger partial charge is 0.468 e. The summed E-state index contributed by atoms with van der Waals surface area (Å²) < 4.78 is 11.8. The van der Waals surface area contributed by atoms with Gasteiger partial charge in [-0.3, -0.25) is 38.1 Å². The zero-order valence-electron chi connectivity index (χ0n) is 26.3. The molecule has 4 amide bonds. The van der Waals surface area contributed by atoms with Crippen molar-refractivity contribution in [3.63, 3.8) is 0 Å². The molecule has 0 aliphatic carbocycles. The molecule has 5 N–H and O–H groups in total. The maximum absolute atomic E-state index is 13.1. The van der Waals surface area contributed by atoms with E-state index in [9.17, 15) is 38.4 Å². The quantitative estimate of drug-likeness (QED) is 0.151. The molecule has 2 heterocycles. The van der Waals surface area contributed by atoms with Crippen LogP contribution in [0, 0.1) is 6.92 Å². The first-order chi connectivity index (χ1) is 21.5. The number of hydrogen-bond donors (Lipinski definition) is 4. The second kappa shape index (κ2) is 16.5. The number of alkyl carbamates (subject to hydrolysis) is 1. The predicted octanol–water partition coefficient (Wildman–Crippen LogP) is -2.84. The Bertz CT molecular complexity index is 1610. The number of carbonyl (C=O) groups is 5. The van der Waals surface area contributed by atoms with Crippen LogP contribution in [-0.2, 0) is 41.7 Å². The van der Waals surface area contributed by atoms with Crippen molar-refractivity contribution in [1.82, 2.24) is 39.5 Å². The molecular weight excluding hydrogens is 610 g/mol. The molecule has 0 radical (unpaired) electrons. The number of nitrogens with two attached hydrogens (primary N) is 1. The molecule has 0 spiro atoms. The summed E-state index contributed by atoms with van der Waals surface area (Å²) in [4.78, 5) is 107. The molecule has 0 saturated heterocycles. The summed E-state index contributed by atoms with van der Waals surface area (Å²) in [5, 5.41) is 5.03. The van der Waals surface area contributed by atoms with Crippen molar-refractivity contribution >= 4 is 35.6 Å². The molecule has 0 atom stereocenters. The molecule has 0 aliphatic rings. The van der Waals surface area contributed by atoms with Crippen LogP contribution in [0.25, 0.3) is 0 Å². The monoisotopic (exact) mass is 649 g/mol. The molecule has 2 rings (SSSR count). The third-order valence-electron chi connectivity index (χ3n) is 6.04. The van der Waals surface area contributed by atoms with Gasteiger partial charge in [0.1, 0.15) is 31.1 Å². The first-order valence-corrected chi connectivity index (χ1v) is 14.0. The second-order valence-corrected chi connectivity index (χ2v) is 10.9. The van der Waals surface area contributed by atoms with Gasteiger partial charge in [-0.2, -0.15) is 4.98 Å². The lowest BCUT2D eigenvalue weighted by atomic mass is 10.2. The van der Waals surface area contributed by atoms with Crippen LogP contribution in [0.4, 0.5) is 10.6 Å². The fourth-order valence-corrected chi connectivity index (χ4v) is 3.76. The SMILES string of the molecule is COC(=O)CN(CCNC(=O)CN(CCNC(=O)OC(C)(C)C)C(=O)Cn1ccc(N)nc1=O)C(=O)Cn1cc(C)c(=O)[nH]c1=O. The van der Waals surface area contributed by atoms with Crippen molar-refractivity contribution in [2.45, 2.75) is 46.4 Å². The van der Waals surface area contributed by atoms with E-state index in [-0.39, 0.29) is 37.6 Å². The minimum absolute atomic E-state index is 0.0351. The second-order valence-electron chi connectivity index (χ2n) is 10.9. The maximum Gasteiger partial charge on any atom is 0.407 e. The normalized spacial score (nSPS) is 10.9. The number of esters is 1. The van der Waals surface area contributed by atoms with E-state index in [2.05, 4.69) is 25.3 Å². The lowest BCUT2D eigenvalue weighted by molar-refractivity contribution is -0.147. The van der Waals surface area contributed by atoms with Gasteiger partial charge in [0.15, 0.2) is 0 Å². The minimum Gasteiger partial charge on any atom is -0.468 e. The number of aromatic amines is 1. The van der Waals surface area contributed by atoms with Crippen LogP contribution in [0.1, 0.15) is 26.3 Å². The van der Waals surface area contributed by atoms with Gasteiger partial charge in [0, 0.05) is 44.1 Å². The summed E-state index contributed by atoms with van der Waals surface area (Å²) in [5.74, 6) is -2.79. The number of nitrogens with one attached hydrogen (secondary N) is 3. The summed E-state index contributed by atoms with van der Waals surface area (Å²) >= 11 is 0. The molecule has 0 fully saturated rings. The van der Waals surface area contributed by atoms with Gasteiger partial charge >= 0.3 is 23.4 Å². The number of carbonyl (C=O) groups excluding carboxylic acids is 5. The summed E-state index contributed by atoms with van der Waals surface area (Å²) in [6, 6.07) is 1.33. The van der Waals surface area contributed by atoms with Gasteiger partial charge in [-0.15, -0.1) is 0 Å². The number of H-pyrrole nitrogens is 1. The molecular formula is C27H39N9O10. The Morgan fingerprint density at radius 2 is 1.54 bits per heavy atom. The van der Waals surface area contributed by atoms with Gasteiger partial charge in [-0.25, -0.2) is 14.4 Å². The third-order valence-corrected chi connectivity index (χ3v) is 6.04. The minimum atomic E-state index is -0.821. The molecule has 0 unspecified atom stereocenters. The van der Waals surface area contributed by atoms with E-state index < -0.39 is 78.5 Å². The van der Waals surface area contributed by atoms with Crippen molar-refractivity contribution < 1.29 is 33.4 Å². The first-order valence-electron chi connectivity index (χ1n) is 14.0. The van der Waals surface area contributed by atoms with Gasteiger partial charge in [-0.05, 0) is 33.8 Å². The third kappa shape index (κ3) is 12.2. The Hall–Kier alpha value is -5.49. The van der Waals surface area contributed by atoms with E-state index in [0.29, 0.717) is 0 Å². The van der Waals surface area contributed by atoms with Crippen LogP contribution in [0.3, 0.4) is 0 Å². The number of hydrogen-bond acceptors (Lipinski definition) is 12. The number of methoxy groups -OCH3 is 1. The molecule has 2 aromatic heterocycles. The number of anilines is 1. The van der Waals surface area contributed by atoms with Gasteiger partial charge in [0.2, 0.25) is 17.7 Å². The first kappa shape index (κ1) is 36.7. The van der Waals surface area contributed by atoms with Gasteiger partial charge in [0.25, 0.3) is 5.56 Å². The molecule has 19 heteroatoms. The summed E-state index contributed by atoms with van der Waals surface area (Å²) in [6.07, 6.45) is 1.74. The van der Waals surface area contributed by atoms with Crippen molar-refractivity contribution in [2.75, 3.05) is 52.1 Å². The summed E-state index contributed by atoms with van der Waals surface area (Å²) in [6.45, 7) is 3.93. The number of ether oxygens (including phenoxy) is 2. The van der Waals surface area contributed by atoms with E-state index in [1.165, 1.54) is 25.4 Å². The van der Waals surface area contributed by atoms with Crippen LogP contribution in [0.15, 0.2) is 32.8 Å². The average molecular weight is 650 g/mol. The van der Waals surface area contributed by atoms with E-state index in [1.54, 1.807) is 20.8 Å². The highest BCUT2D eigenvalue weighted by atomic mass is 16.6. The Balaban J connectivity index is 2.09. The molecule has 0 aromatic carbocycles. The van der Waals surface area contributed by atoms with Crippen molar-refractivity contribution in [1.29, 1.82) is 0 Å². The molecule has 0 saturated carbocycles. The van der Waals surface area contributed by atoms with Crippen molar-refractivity contribution in [3.8, 4) is 0 Å². The number of nitrogens with zero attached hydrogens (tertiary/aromatic N) is 5.